The third-order valence-electron chi connectivity index (χ3n) is 4.88. The molecule has 1 aliphatic heterocycles. The maximum Gasteiger partial charge on any atom is 0.404 e. The van der Waals surface area contributed by atoms with Gasteiger partial charge in [0.25, 0.3) is 5.91 Å². The van der Waals surface area contributed by atoms with Crippen LogP contribution < -0.4 is 41.5 Å². The van der Waals surface area contributed by atoms with Crippen LogP contribution in [0.2, 0.25) is 0 Å². The van der Waals surface area contributed by atoms with E-state index in [1.165, 1.54) is 0 Å². The Balaban J connectivity index is 0.00000104. The summed E-state index contributed by atoms with van der Waals surface area (Å²) in [6.07, 6.45) is -0.0994. The smallest absolute Gasteiger partial charge is 0.404 e. The number of halogens is 1. The number of ether oxygens (including phenoxy) is 2. The fourth-order valence-corrected chi connectivity index (χ4v) is 3.30. The van der Waals surface area contributed by atoms with Crippen molar-refractivity contribution >= 4 is 23.9 Å². The summed E-state index contributed by atoms with van der Waals surface area (Å²) in [7, 11) is 0. The molecule has 13 nitrogen and oxygen atoms in total. The Morgan fingerprint density at radius 2 is 1.79 bits per heavy atom. The number of barbiturate groups is 1. The van der Waals surface area contributed by atoms with Crippen LogP contribution in [-0.2, 0) is 24.5 Å². The molecule has 34 heavy (non-hydrogen) atoms. The second-order valence-corrected chi connectivity index (χ2v) is 9.44. The molecular weight excluding hydrogens is 569 g/mol. The number of nitrogens with zero attached hydrogens (tertiary/aromatic N) is 1. The van der Waals surface area contributed by atoms with E-state index in [1.54, 1.807) is 37.3 Å². The molecule has 1 fully saturated rings. The van der Waals surface area contributed by atoms with Gasteiger partial charge in [-0.2, -0.15) is 0 Å². The van der Waals surface area contributed by atoms with Crippen LogP contribution in [0.4, 0.5) is 9.59 Å². The number of carbonyl (C=O) groups is 4. The lowest BCUT2D eigenvalue weighted by molar-refractivity contribution is -1.92. The van der Waals surface area contributed by atoms with E-state index in [9.17, 15) is 19.2 Å². The maximum absolute atomic E-state index is 13.3. The molecule has 1 aromatic carbocycles. The van der Waals surface area contributed by atoms with E-state index in [0.717, 1.165) is 17.7 Å². The van der Waals surface area contributed by atoms with Crippen LogP contribution in [0, 0.1) is 0 Å². The predicted molar refractivity (Wildman–Crippen MR) is 106 cm³/mol. The van der Waals surface area contributed by atoms with Gasteiger partial charge in [-0.15, -0.1) is 0 Å². The highest BCUT2D eigenvalue weighted by Gasteiger charge is 2.54. The fraction of sp³-hybridized carbons (Fsp3) is 0.500. The number of benzene rings is 1. The lowest BCUT2D eigenvalue weighted by Gasteiger charge is -2.39. The molecule has 0 aromatic heterocycles. The summed E-state index contributed by atoms with van der Waals surface area (Å²) in [6.45, 7) is 3.84. The number of rotatable bonds is 10. The molecule has 4 N–H and O–H groups in total. The van der Waals surface area contributed by atoms with E-state index in [-0.39, 0.29) is 19.6 Å². The summed E-state index contributed by atoms with van der Waals surface area (Å²) in [5.41, 5.74) is 4.05. The Kier molecular flexibility index (Phi) is 11.8. The van der Waals surface area contributed by atoms with E-state index in [4.69, 9.17) is 29.0 Å². The predicted octanol–water partition coefficient (Wildman–Crippen LogP) is -5.43. The van der Waals surface area contributed by atoms with Crippen LogP contribution in [-0.4, -0.2) is 58.1 Å². The molecule has 2 atom stereocenters. The summed E-state index contributed by atoms with van der Waals surface area (Å²) in [5, 5.41) is 2.25. The highest BCUT2D eigenvalue weighted by atomic mass is 127. The zero-order chi connectivity index (χ0) is 25.9. The lowest BCUT2D eigenvalue weighted by Crippen LogP contribution is -4.23. The van der Waals surface area contributed by atoms with Gasteiger partial charge in [0, 0.05) is 10.0 Å². The van der Waals surface area contributed by atoms with Gasteiger partial charge in [0.1, 0.15) is 6.10 Å². The molecule has 0 radical (unpaired) electrons. The van der Waals surface area contributed by atoms with Crippen LogP contribution in [0.1, 0.15) is 38.7 Å². The third-order valence-corrected chi connectivity index (χ3v) is 4.88. The van der Waals surface area contributed by atoms with E-state index >= 15 is 0 Å². The number of urea groups is 1. The van der Waals surface area contributed by atoms with Crippen molar-refractivity contribution in [3.63, 3.8) is 0 Å². The summed E-state index contributed by atoms with van der Waals surface area (Å²) >= 11 is -5.69. The van der Waals surface area contributed by atoms with Crippen molar-refractivity contribution in [3.05, 3.63) is 35.9 Å². The summed E-state index contributed by atoms with van der Waals surface area (Å²) in [6, 6.07) is 7.67. The zero-order valence-electron chi connectivity index (χ0n) is 18.7. The average molecular weight is 597 g/mol. The van der Waals surface area contributed by atoms with Crippen molar-refractivity contribution in [3.8, 4) is 0 Å². The molecule has 14 heteroatoms. The van der Waals surface area contributed by atoms with Crippen molar-refractivity contribution in [2.45, 2.75) is 44.6 Å². The molecule has 0 aliphatic carbocycles. The first-order valence-corrected chi connectivity index (χ1v) is 13.9. The lowest BCUT2D eigenvalue weighted by atomic mass is 9.74. The molecule has 1 aromatic rings. The van der Waals surface area contributed by atoms with E-state index in [1.807, 2.05) is 6.92 Å². The Morgan fingerprint density at radius 3 is 2.29 bits per heavy atom. The SMILES string of the molecule is CCCCOCC(CN1C(=O)NC(=O)C(CC)(c2ccccc2)C1=O)OC(N)=O.[O-][I+3]([O-])([O-])O. The van der Waals surface area contributed by atoms with Gasteiger partial charge < -0.3 is 15.2 Å². The zero-order valence-corrected chi connectivity index (χ0v) is 20.9. The quantitative estimate of drug-likeness (QED) is 0.132. The standard InChI is InChI=1S/C20H27N3O6.HIO4/c1-3-5-11-28-13-15(29-18(21)26)12-23-17(25)20(4-2,16(24)22-19(23)27)14-9-7-6-8-10-14;2-1(3,4)5/h6-10,15H,3-5,11-13H2,1-2H3,(H2,21,26)(H,22,24,27);2H. The normalized spacial score (nSPS) is 19.1. The topological polar surface area (TPSA) is 217 Å². The van der Waals surface area contributed by atoms with Gasteiger partial charge in [0.15, 0.2) is 5.41 Å². The first-order valence-electron chi connectivity index (χ1n) is 10.3. The Hall–Kier alpha value is -2.37. The average Bonchev–Trinajstić information content (AvgIpc) is 2.74. The van der Waals surface area contributed by atoms with Gasteiger partial charge in [-0.1, -0.05) is 50.6 Å². The number of nitrogens with two attached hydrogens (primary N) is 1. The number of imide groups is 2. The van der Waals surface area contributed by atoms with E-state index in [2.05, 4.69) is 5.32 Å². The minimum absolute atomic E-state index is 0.0294. The van der Waals surface area contributed by atoms with Crippen molar-refractivity contribution in [1.29, 1.82) is 0 Å². The molecule has 2 unspecified atom stereocenters. The van der Waals surface area contributed by atoms with Gasteiger partial charge in [0.05, 0.1) is 13.2 Å². The monoisotopic (exact) mass is 597 g/mol. The van der Waals surface area contributed by atoms with Gasteiger partial charge in [-0.3, -0.25) is 30.1 Å². The largest absolute Gasteiger partial charge is 0.442 e. The maximum atomic E-state index is 13.3. The number of nitrogens with one attached hydrogen (secondary N) is 1. The molecular formula is C20H28IN3O10. The Morgan fingerprint density at radius 1 is 1.21 bits per heavy atom. The van der Waals surface area contributed by atoms with Crippen LogP contribution in [0.15, 0.2) is 30.3 Å². The first-order chi connectivity index (χ1) is 15.9. The molecule has 0 saturated carbocycles. The molecule has 0 spiro atoms. The van der Waals surface area contributed by atoms with Gasteiger partial charge in [0.2, 0.25) is 5.91 Å². The molecule has 1 aliphatic rings. The number of unbranched alkanes of at least 4 members (excludes halogenated alkanes) is 1. The number of primary amides is 1. The van der Waals surface area contributed by atoms with Crippen LogP contribution in [0.25, 0.3) is 0 Å². The third kappa shape index (κ3) is 8.77. The molecule has 0 bridgehead atoms. The molecule has 1 saturated heterocycles. The van der Waals surface area contributed by atoms with Crippen LogP contribution in [0.3, 0.4) is 0 Å². The van der Waals surface area contributed by atoms with Gasteiger partial charge >= 0.3 is 32.2 Å². The number of amides is 5. The van der Waals surface area contributed by atoms with Crippen LogP contribution in [0.5, 0.6) is 0 Å². The Labute approximate surface area is 202 Å². The van der Waals surface area contributed by atoms with E-state index in [0.29, 0.717) is 12.2 Å². The molecule has 5 amide bonds. The van der Waals surface area contributed by atoms with Gasteiger partial charge in [-0.25, -0.2) is 9.59 Å². The number of carbonyl (C=O) groups excluding carboxylic acids is 4. The first kappa shape index (κ1) is 29.7. The number of hydrogen-bond acceptors (Lipinski definition) is 10. The minimum Gasteiger partial charge on any atom is -0.442 e. The summed E-state index contributed by atoms with van der Waals surface area (Å²) in [4.78, 5) is 50.6. The van der Waals surface area contributed by atoms with Gasteiger partial charge in [-0.05, 0) is 18.4 Å². The van der Waals surface area contributed by atoms with Crippen molar-refractivity contribution in [1.82, 2.24) is 10.2 Å². The summed E-state index contributed by atoms with van der Waals surface area (Å²) in [5.74, 6) is -1.35. The second kappa shape index (κ2) is 13.5. The second-order valence-electron chi connectivity index (χ2n) is 7.18. The van der Waals surface area contributed by atoms with Crippen molar-refractivity contribution in [2.75, 3.05) is 19.8 Å². The minimum atomic E-state index is -5.69. The highest BCUT2D eigenvalue weighted by molar-refractivity contribution is 6.22. The fourth-order valence-electron chi connectivity index (χ4n) is 3.30. The van der Waals surface area contributed by atoms with Crippen molar-refractivity contribution < 1.29 is 62.5 Å². The number of hydrogen-bond donors (Lipinski definition) is 3. The molecule has 2 rings (SSSR count). The molecule has 190 valence electrons. The summed E-state index contributed by atoms with van der Waals surface area (Å²) < 4.78 is 43.7. The highest BCUT2D eigenvalue weighted by Crippen LogP contribution is 2.33. The Bertz CT molecular complexity index is 843. The van der Waals surface area contributed by atoms with Crippen molar-refractivity contribution in [2.24, 2.45) is 5.73 Å². The van der Waals surface area contributed by atoms with Crippen LogP contribution >= 0.6 is 0 Å². The van der Waals surface area contributed by atoms with E-state index < -0.39 is 55.6 Å². The molecule has 1 heterocycles.